The molecule has 0 radical (unpaired) electrons. The van der Waals surface area contributed by atoms with Crippen LogP contribution in [0.15, 0.2) is 18.2 Å². The molecule has 0 spiro atoms. The van der Waals surface area contributed by atoms with E-state index in [9.17, 15) is 13.6 Å². The molecule has 1 aromatic rings. The lowest BCUT2D eigenvalue weighted by Gasteiger charge is -2.37. The van der Waals surface area contributed by atoms with E-state index in [4.69, 9.17) is 0 Å². The maximum Gasteiger partial charge on any atom is 0.248 e. The molecule has 1 aliphatic carbocycles. The lowest BCUT2D eigenvalue weighted by atomic mass is 9.84. The number of alkyl halides is 2. The predicted molar refractivity (Wildman–Crippen MR) is 88.9 cm³/mol. The van der Waals surface area contributed by atoms with Crippen molar-refractivity contribution >= 4 is 5.91 Å². The van der Waals surface area contributed by atoms with Gasteiger partial charge < -0.3 is 4.90 Å². The summed E-state index contributed by atoms with van der Waals surface area (Å²) in [5, 5.41) is 0. The molecule has 0 aromatic carbocycles. The van der Waals surface area contributed by atoms with Gasteiger partial charge in [0.2, 0.25) is 11.8 Å². The fourth-order valence-corrected chi connectivity index (χ4v) is 3.99. The summed E-state index contributed by atoms with van der Waals surface area (Å²) in [6.07, 6.45) is 3.34. The molecule has 1 amide bonds. The monoisotopic (exact) mass is 336 g/mol. The largest absolute Gasteiger partial charge is 0.342 e. The summed E-state index contributed by atoms with van der Waals surface area (Å²) in [5.74, 6) is -2.27. The van der Waals surface area contributed by atoms with Gasteiger partial charge in [0.25, 0.3) is 0 Å². The second-order valence-corrected chi connectivity index (χ2v) is 7.40. The SMILES string of the molecule is Cc1cccc(C[C@@H]2CCCN(C(=O)C3CCC(F)(F)CC3)C2)n1. The van der Waals surface area contributed by atoms with Crippen molar-refractivity contribution in [3.8, 4) is 0 Å². The number of aryl methyl sites for hydroxylation is 1. The number of pyridine rings is 1. The summed E-state index contributed by atoms with van der Waals surface area (Å²) in [7, 11) is 0. The van der Waals surface area contributed by atoms with E-state index < -0.39 is 5.92 Å². The fraction of sp³-hybridized carbons (Fsp3) is 0.684. The van der Waals surface area contributed by atoms with Crippen molar-refractivity contribution in [1.29, 1.82) is 0 Å². The highest BCUT2D eigenvalue weighted by Gasteiger charge is 2.39. The second kappa shape index (κ2) is 7.16. The number of rotatable bonds is 3. The molecule has 1 aromatic heterocycles. The fourth-order valence-electron chi connectivity index (χ4n) is 3.99. The number of amides is 1. The Bertz CT molecular complexity index is 580. The molecule has 1 aliphatic heterocycles. The minimum absolute atomic E-state index is 0.0902. The van der Waals surface area contributed by atoms with Crippen LogP contribution < -0.4 is 0 Å². The molecule has 2 aliphatic rings. The summed E-state index contributed by atoms with van der Waals surface area (Å²) in [6.45, 7) is 3.49. The highest BCUT2D eigenvalue weighted by molar-refractivity contribution is 5.79. The molecule has 5 heteroatoms. The van der Waals surface area contributed by atoms with Crippen molar-refractivity contribution in [3.63, 3.8) is 0 Å². The van der Waals surface area contributed by atoms with Crippen molar-refractivity contribution in [2.24, 2.45) is 11.8 Å². The van der Waals surface area contributed by atoms with Crippen molar-refractivity contribution in [2.45, 2.75) is 57.8 Å². The number of hydrogen-bond donors (Lipinski definition) is 0. The molecular weight excluding hydrogens is 310 g/mol. The minimum atomic E-state index is -2.57. The smallest absolute Gasteiger partial charge is 0.248 e. The summed E-state index contributed by atoms with van der Waals surface area (Å²) < 4.78 is 26.6. The van der Waals surface area contributed by atoms with Crippen LogP contribution in [-0.4, -0.2) is 34.8 Å². The van der Waals surface area contributed by atoms with Crippen molar-refractivity contribution in [3.05, 3.63) is 29.6 Å². The Morgan fingerprint density at radius 1 is 1.29 bits per heavy atom. The van der Waals surface area contributed by atoms with Gasteiger partial charge in [-0.2, -0.15) is 0 Å². The first-order chi connectivity index (χ1) is 11.4. The predicted octanol–water partition coefficient (Wildman–Crippen LogP) is 4.00. The third-order valence-corrected chi connectivity index (χ3v) is 5.34. The number of aromatic nitrogens is 1. The average molecular weight is 336 g/mol. The Labute approximate surface area is 142 Å². The minimum Gasteiger partial charge on any atom is -0.342 e. The molecule has 24 heavy (non-hydrogen) atoms. The van der Waals surface area contributed by atoms with Gasteiger partial charge in [0.05, 0.1) is 0 Å². The highest BCUT2D eigenvalue weighted by atomic mass is 19.3. The van der Waals surface area contributed by atoms with Gasteiger partial charge in [0.15, 0.2) is 0 Å². The summed E-state index contributed by atoms with van der Waals surface area (Å²) >= 11 is 0. The van der Waals surface area contributed by atoms with E-state index in [-0.39, 0.29) is 24.7 Å². The zero-order valence-electron chi connectivity index (χ0n) is 14.3. The maximum absolute atomic E-state index is 13.3. The molecule has 132 valence electrons. The second-order valence-electron chi connectivity index (χ2n) is 7.40. The van der Waals surface area contributed by atoms with Crippen molar-refractivity contribution in [1.82, 2.24) is 9.88 Å². The van der Waals surface area contributed by atoms with Crippen LogP contribution in [0.5, 0.6) is 0 Å². The normalized spacial score (nSPS) is 24.8. The Morgan fingerprint density at radius 2 is 2.04 bits per heavy atom. The van der Waals surface area contributed by atoms with E-state index in [0.717, 1.165) is 43.7 Å². The van der Waals surface area contributed by atoms with Gasteiger partial charge in [-0.3, -0.25) is 9.78 Å². The molecular formula is C19H26F2N2O. The Balaban J connectivity index is 1.56. The molecule has 0 bridgehead atoms. The quantitative estimate of drug-likeness (QED) is 0.836. The Kier molecular flexibility index (Phi) is 5.16. The van der Waals surface area contributed by atoms with Crippen molar-refractivity contribution < 1.29 is 13.6 Å². The lowest BCUT2D eigenvalue weighted by molar-refractivity contribution is -0.141. The number of carbonyl (C=O) groups excluding carboxylic acids is 1. The molecule has 0 N–H and O–H groups in total. The Hall–Kier alpha value is -1.52. The first-order valence-corrected chi connectivity index (χ1v) is 9.02. The van der Waals surface area contributed by atoms with Crippen LogP contribution in [0.25, 0.3) is 0 Å². The van der Waals surface area contributed by atoms with E-state index >= 15 is 0 Å². The summed E-state index contributed by atoms with van der Waals surface area (Å²) in [5.41, 5.74) is 2.09. The molecule has 1 atom stereocenters. The first-order valence-electron chi connectivity index (χ1n) is 9.02. The van der Waals surface area contributed by atoms with Gasteiger partial charge in [-0.25, -0.2) is 8.78 Å². The van der Waals surface area contributed by atoms with Crippen LogP contribution in [0.4, 0.5) is 8.78 Å². The Morgan fingerprint density at radius 3 is 2.75 bits per heavy atom. The summed E-state index contributed by atoms with van der Waals surface area (Å²) in [6, 6.07) is 6.04. The van der Waals surface area contributed by atoms with Crippen LogP contribution >= 0.6 is 0 Å². The molecule has 2 heterocycles. The third-order valence-electron chi connectivity index (χ3n) is 5.34. The zero-order chi connectivity index (χ0) is 17.2. The van der Waals surface area contributed by atoms with E-state index in [1.54, 1.807) is 0 Å². The molecule has 3 rings (SSSR count). The highest BCUT2D eigenvalue weighted by Crippen LogP contribution is 2.37. The number of nitrogens with zero attached hydrogens (tertiary/aromatic N) is 2. The van der Waals surface area contributed by atoms with Crippen LogP contribution in [0.2, 0.25) is 0 Å². The summed E-state index contributed by atoms with van der Waals surface area (Å²) in [4.78, 5) is 19.2. The number of carbonyl (C=O) groups is 1. The van der Waals surface area contributed by atoms with Gasteiger partial charge in [-0.15, -0.1) is 0 Å². The van der Waals surface area contributed by atoms with E-state index in [2.05, 4.69) is 4.98 Å². The third kappa shape index (κ3) is 4.31. The van der Waals surface area contributed by atoms with Gasteiger partial charge in [-0.05, 0) is 57.1 Å². The zero-order valence-corrected chi connectivity index (χ0v) is 14.3. The van der Waals surface area contributed by atoms with Crippen LogP contribution in [0.3, 0.4) is 0 Å². The van der Waals surface area contributed by atoms with E-state index in [0.29, 0.717) is 18.8 Å². The first kappa shape index (κ1) is 17.3. The van der Waals surface area contributed by atoms with Crippen LogP contribution in [-0.2, 0) is 11.2 Å². The molecule has 1 saturated heterocycles. The molecule has 1 saturated carbocycles. The number of piperidine rings is 1. The van der Waals surface area contributed by atoms with E-state index in [1.165, 1.54) is 0 Å². The number of halogens is 2. The maximum atomic E-state index is 13.3. The molecule has 3 nitrogen and oxygen atoms in total. The standard InChI is InChI=1S/C19H26F2N2O/c1-14-4-2-6-17(22-14)12-15-5-3-11-23(13-15)18(24)16-7-9-19(20,21)10-8-16/h2,4,6,15-16H,3,5,7-13H2,1H3/t15-/m0/s1. The van der Waals surface area contributed by atoms with Gasteiger partial charge in [-0.1, -0.05) is 6.07 Å². The van der Waals surface area contributed by atoms with Gasteiger partial charge in [0, 0.05) is 43.2 Å². The molecule has 2 fully saturated rings. The average Bonchev–Trinajstić information content (AvgIpc) is 2.54. The van der Waals surface area contributed by atoms with Gasteiger partial charge >= 0.3 is 0 Å². The molecule has 0 unspecified atom stereocenters. The van der Waals surface area contributed by atoms with Gasteiger partial charge in [0.1, 0.15) is 0 Å². The topological polar surface area (TPSA) is 33.2 Å². The number of hydrogen-bond acceptors (Lipinski definition) is 2. The number of likely N-dealkylation sites (tertiary alicyclic amines) is 1. The van der Waals surface area contributed by atoms with Crippen molar-refractivity contribution in [2.75, 3.05) is 13.1 Å². The van der Waals surface area contributed by atoms with Crippen LogP contribution in [0.1, 0.15) is 49.9 Å². The van der Waals surface area contributed by atoms with Crippen LogP contribution in [0, 0.1) is 18.8 Å². The lowest BCUT2D eigenvalue weighted by Crippen LogP contribution is -2.45. The van der Waals surface area contributed by atoms with E-state index in [1.807, 2.05) is 30.0 Å².